The molecule has 1 saturated carbocycles. The summed E-state index contributed by atoms with van der Waals surface area (Å²) in [7, 11) is -3.62. The monoisotopic (exact) mass is 452 g/mol. The highest BCUT2D eigenvalue weighted by atomic mass is 32.2. The third-order valence-corrected chi connectivity index (χ3v) is 6.31. The Bertz CT molecular complexity index is 1190. The first kappa shape index (κ1) is 21.9. The van der Waals surface area contributed by atoms with E-state index >= 15 is 0 Å². The molecule has 0 aliphatic heterocycles. The highest BCUT2D eigenvalue weighted by Crippen LogP contribution is 2.26. The number of sulfonamides is 1. The number of carbonyl (C=O) groups is 1. The fourth-order valence-electron chi connectivity index (χ4n) is 3.01. The van der Waals surface area contributed by atoms with Crippen molar-refractivity contribution in [3.8, 4) is 17.2 Å². The van der Waals surface area contributed by atoms with Crippen molar-refractivity contribution in [2.24, 2.45) is 0 Å². The minimum Gasteiger partial charge on any atom is -0.494 e. The summed E-state index contributed by atoms with van der Waals surface area (Å²) in [6.07, 6.45) is 1.69. The van der Waals surface area contributed by atoms with Crippen LogP contribution in [0.4, 0.5) is 5.69 Å². The maximum Gasteiger partial charge on any atom is 0.255 e. The number of hydrogen-bond acceptors (Lipinski definition) is 5. The van der Waals surface area contributed by atoms with Gasteiger partial charge in [-0.05, 0) is 86.5 Å². The van der Waals surface area contributed by atoms with Crippen molar-refractivity contribution < 1.29 is 22.7 Å². The molecule has 0 atom stereocenters. The van der Waals surface area contributed by atoms with E-state index in [1.54, 1.807) is 36.4 Å². The van der Waals surface area contributed by atoms with E-state index in [-0.39, 0.29) is 16.5 Å². The van der Waals surface area contributed by atoms with Gasteiger partial charge in [-0.3, -0.25) is 4.79 Å². The van der Waals surface area contributed by atoms with Gasteiger partial charge in [-0.15, -0.1) is 0 Å². The molecule has 2 N–H and O–H groups in total. The molecule has 32 heavy (non-hydrogen) atoms. The molecule has 8 heteroatoms. The number of carbonyl (C=O) groups excluding carboxylic acids is 1. The van der Waals surface area contributed by atoms with Gasteiger partial charge in [-0.25, -0.2) is 13.1 Å². The van der Waals surface area contributed by atoms with Crippen LogP contribution in [0.5, 0.6) is 17.2 Å². The Morgan fingerprint density at radius 2 is 1.56 bits per heavy atom. The maximum atomic E-state index is 12.6. The van der Waals surface area contributed by atoms with Gasteiger partial charge in [0.2, 0.25) is 10.0 Å². The van der Waals surface area contributed by atoms with Crippen LogP contribution in [-0.4, -0.2) is 27.0 Å². The second-order valence-electron chi connectivity index (χ2n) is 7.41. The summed E-state index contributed by atoms with van der Waals surface area (Å²) in [5.74, 6) is 1.67. The predicted octanol–water partition coefficient (Wildman–Crippen LogP) is 4.57. The third-order valence-electron chi connectivity index (χ3n) is 4.79. The summed E-state index contributed by atoms with van der Waals surface area (Å²) in [6.45, 7) is 2.53. The zero-order chi connectivity index (χ0) is 22.6. The third kappa shape index (κ3) is 5.66. The van der Waals surface area contributed by atoms with Crippen LogP contribution < -0.4 is 19.5 Å². The molecule has 3 aromatic rings. The predicted molar refractivity (Wildman–Crippen MR) is 122 cm³/mol. The maximum absolute atomic E-state index is 12.6. The minimum absolute atomic E-state index is 0.000766. The van der Waals surface area contributed by atoms with Gasteiger partial charge in [-0.2, -0.15) is 0 Å². The average molecular weight is 453 g/mol. The molecular weight excluding hydrogens is 428 g/mol. The van der Waals surface area contributed by atoms with E-state index < -0.39 is 15.9 Å². The largest absolute Gasteiger partial charge is 0.494 e. The van der Waals surface area contributed by atoms with Crippen molar-refractivity contribution in [1.82, 2.24) is 4.72 Å². The zero-order valence-corrected chi connectivity index (χ0v) is 18.4. The van der Waals surface area contributed by atoms with Gasteiger partial charge < -0.3 is 14.8 Å². The zero-order valence-electron chi connectivity index (χ0n) is 17.6. The van der Waals surface area contributed by atoms with Crippen molar-refractivity contribution in [3.05, 3.63) is 78.4 Å². The van der Waals surface area contributed by atoms with Gasteiger partial charge in [-0.1, -0.05) is 6.07 Å². The molecule has 0 spiro atoms. The summed E-state index contributed by atoms with van der Waals surface area (Å²) in [4.78, 5) is 12.7. The van der Waals surface area contributed by atoms with Crippen LogP contribution in [0.25, 0.3) is 0 Å². The van der Waals surface area contributed by atoms with Crippen molar-refractivity contribution in [1.29, 1.82) is 0 Å². The van der Waals surface area contributed by atoms with E-state index in [4.69, 9.17) is 9.47 Å². The Hall–Kier alpha value is -3.36. The van der Waals surface area contributed by atoms with Gasteiger partial charge in [0.05, 0.1) is 11.5 Å². The lowest BCUT2D eigenvalue weighted by atomic mass is 10.2. The van der Waals surface area contributed by atoms with Gasteiger partial charge >= 0.3 is 0 Å². The normalized spacial score (nSPS) is 13.4. The van der Waals surface area contributed by atoms with Gasteiger partial charge in [0, 0.05) is 17.3 Å². The van der Waals surface area contributed by atoms with Gasteiger partial charge in [0.1, 0.15) is 17.2 Å². The Morgan fingerprint density at radius 3 is 2.19 bits per heavy atom. The molecule has 7 nitrogen and oxygen atoms in total. The smallest absolute Gasteiger partial charge is 0.255 e. The number of ether oxygens (including phenoxy) is 2. The van der Waals surface area contributed by atoms with E-state index in [0.29, 0.717) is 23.8 Å². The second-order valence-corrected chi connectivity index (χ2v) is 9.12. The van der Waals surface area contributed by atoms with Crippen LogP contribution in [0.15, 0.2) is 77.7 Å². The molecule has 1 fully saturated rings. The van der Waals surface area contributed by atoms with Crippen molar-refractivity contribution in [3.63, 3.8) is 0 Å². The quantitative estimate of drug-likeness (QED) is 0.496. The van der Waals surface area contributed by atoms with Crippen molar-refractivity contribution in [2.45, 2.75) is 30.7 Å². The van der Waals surface area contributed by atoms with E-state index in [2.05, 4.69) is 10.0 Å². The van der Waals surface area contributed by atoms with Crippen LogP contribution in [0.1, 0.15) is 30.1 Å². The highest BCUT2D eigenvalue weighted by Gasteiger charge is 2.28. The van der Waals surface area contributed by atoms with E-state index in [1.165, 1.54) is 12.1 Å². The van der Waals surface area contributed by atoms with Crippen LogP contribution in [0.3, 0.4) is 0 Å². The highest BCUT2D eigenvalue weighted by molar-refractivity contribution is 7.89. The summed E-state index contributed by atoms with van der Waals surface area (Å²) in [5.41, 5.74) is 0.830. The summed E-state index contributed by atoms with van der Waals surface area (Å²) < 4.78 is 38.6. The topological polar surface area (TPSA) is 93.7 Å². The standard InChI is InChI=1S/C24H24N2O5S/c1-2-30-20-12-14-22(15-13-20)31-21-10-8-18(9-11-21)25-24(27)17-4-3-5-23(16-17)32(28,29)26-19-6-7-19/h3-5,8-16,19,26H,2,6-7H2,1H3,(H,25,27). The molecule has 1 aliphatic rings. The summed E-state index contributed by atoms with van der Waals surface area (Å²) in [5, 5.41) is 2.78. The molecule has 166 valence electrons. The van der Waals surface area contributed by atoms with Crippen molar-refractivity contribution >= 4 is 21.6 Å². The molecule has 3 aromatic carbocycles. The van der Waals surface area contributed by atoms with E-state index in [9.17, 15) is 13.2 Å². The van der Waals surface area contributed by atoms with Gasteiger partial charge in [0.25, 0.3) is 5.91 Å². The first-order valence-corrected chi connectivity index (χ1v) is 11.9. The fraction of sp³-hybridized carbons (Fsp3) is 0.208. The number of amides is 1. The molecule has 0 heterocycles. The Morgan fingerprint density at radius 1 is 0.938 bits per heavy atom. The molecule has 1 aliphatic carbocycles. The lowest BCUT2D eigenvalue weighted by Gasteiger charge is -2.10. The number of hydrogen-bond donors (Lipinski definition) is 2. The Labute approximate surface area is 187 Å². The molecule has 0 radical (unpaired) electrons. The molecule has 4 rings (SSSR count). The molecule has 0 aromatic heterocycles. The lowest BCUT2D eigenvalue weighted by molar-refractivity contribution is 0.102. The average Bonchev–Trinajstić information content (AvgIpc) is 3.60. The molecular formula is C24H24N2O5S. The van der Waals surface area contributed by atoms with Crippen LogP contribution in [0.2, 0.25) is 0 Å². The summed E-state index contributed by atoms with van der Waals surface area (Å²) in [6, 6.07) is 20.2. The number of anilines is 1. The first-order valence-electron chi connectivity index (χ1n) is 10.4. The molecule has 0 saturated heterocycles. The van der Waals surface area contributed by atoms with Crippen molar-refractivity contribution in [2.75, 3.05) is 11.9 Å². The lowest BCUT2D eigenvalue weighted by Crippen LogP contribution is -2.26. The van der Waals surface area contributed by atoms with Crippen LogP contribution >= 0.6 is 0 Å². The minimum atomic E-state index is -3.62. The number of rotatable bonds is 9. The fourth-order valence-corrected chi connectivity index (χ4v) is 4.36. The van der Waals surface area contributed by atoms with E-state index in [0.717, 1.165) is 18.6 Å². The SMILES string of the molecule is CCOc1ccc(Oc2ccc(NC(=O)c3cccc(S(=O)(=O)NC4CC4)c3)cc2)cc1. The first-order chi connectivity index (χ1) is 15.4. The second kappa shape index (κ2) is 9.42. The Kier molecular flexibility index (Phi) is 6.43. The van der Waals surface area contributed by atoms with Gasteiger partial charge in [0.15, 0.2) is 0 Å². The van der Waals surface area contributed by atoms with Crippen LogP contribution in [0, 0.1) is 0 Å². The van der Waals surface area contributed by atoms with E-state index in [1.807, 2.05) is 31.2 Å². The number of benzene rings is 3. The Balaban J connectivity index is 1.39. The summed E-state index contributed by atoms with van der Waals surface area (Å²) >= 11 is 0. The molecule has 0 bridgehead atoms. The molecule has 1 amide bonds. The number of nitrogens with one attached hydrogen (secondary N) is 2. The van der Waals surface area contributed by atoms with Crippen LogP contribution in [-0.2, 0) is 10.0 Å². The molecule has 0 unspecified atom stereocenters.